The molecule has 0 radical (unpaired) electrons. The molecule has 2 N–H and O–H groups in total. The molecule has 0 fully saturated rings. The highest BCUT2D eigenvalue weighted by Crippen LogP contribution is 2.17. The van der Waals surface area contributed by atoms with Crippen molar-refractivity contribution in [2.45, 2.75) is 33.2 Å². The molecule has 3 nitrogen and oxygen atoms in total. The normalized spacial score (nSPS) is 12.6. The molecule has 14 heavy (non-hydrogen) atoms. The molecule has 0 bridgehead atoms. The molecule has 1 atom stereocenters. The van der Waals surface area contributed by atoms with Crippen LogP contribution in [0.5, 0.6) is 0 Å². The molecule has 3 heteroatoms. The van der Waals surface area contributed by atoms with E-state index >= 15 is 0 Å². The van der Waals surface area contributed by atoms with Crippen molar-refractivity contribution >= 4 is 0 Å². The van der Waals surface area contributed by atoms with E-state index in [0.29, 0.717) is 0 Å². The standard InChI is InChI=1S/C11H19N3/c1-5-11-9(7-14(4)13-11)10(12)6-8(2)3/h6-7,10H,5,12H2,1-4H3. The molecule has 0 spiro atoms. The Bertz CT molecular complexity index is 332. The van der Waals surface area contributed by atoms with Gasteiger partial charge in [-0.3, -0.25) is 4.68 Å². The molecular weight excluding hydrogens is 174 g/mol. The van der Waals surface area contributed by atoms with E-state index in [-0.39, 0.29) is 6.04 Å². The second-order valence-corrected chi connectivity index (χ2v) is 3.83. The summed E-state index contributed by atoms with van der Waals surface area (Å²) >= 11 is 0. The van der Waals surface area contributed by atoms with Crippen LogP contribution in [0.15, 0.2) is 17.8 Å². The number of aryl methyl sites for hydroxylation is 2. The van der Waals surface area contributed by atoms with E-state index in [9.17, 15) is 0 Å². The van der Waals surface area contributed by atoms with Gasteiger partial charge in [0.05, 0.1) is 11.7 Å². The Hall–Kier alpha value is -1.09. The monoisotopic (exact) mass is 193 g/mol. The van der Waals surface area contributed by atoms with E-state index in [4.69, 9.17) is 5.73 Å². The van der Waals surface area contributed by atoms with Crippen LogP contribution in [0.25, 0.3) is 0 Å². The molecular formula is C11H19N3. The molecule has 1 rings (SSSR count). The van der Waals surface area contributed by atoms with Crippen LogP contribution in [0.2, 0.25) is 0 Å². The first kappa shape index (κ1) is 11.0. The summed E-state index contributed by atoms with van der Waals surface area (Å²) < 4.78 is 1.83. The Labute approximate surface area is 85.6 Å². The van der Waals surface area contributed by atoms with Crippen molar-refractivity contribution in [3.05, 3.63) is 29.1 Å². The second kappa shape index (κ2) is 4.42. The van der Waals surface area contributed by atoms with Gasteiger partial charge in [-0.1, -0.05) is 18.6 Å². The van der Waals surface area contributed by atoms with Crippen molar-refractivity contribution < 1.29 is 0 Å². The third-order valence-electron chi connectivity index (χ3n) is 2.14. The van der Waals surface area contributed by atoms with Gasteiger partial charge in [0.2, 0.25) is 0 Å². The van der Waals surface area contributed by atoms with Gasteiger partial charge in [0, 0.05) is 18.8 Å². The van der Waals surface area contributed by atoms with Gasteiger partial charge in [-0.25, -0.2) is 0 Å². The molecule has 1 aromatic rings. The smallest absolute Gasteiger partial charge is 0.0672 e. The molecule has 0 aliphatic carbocycles. The topological polar surface area (TPSA) is 43.8 Å². The van der Waals surface area contributed by atoms with E-state index in [0.717, 1.165) is 17.7 Å². The quantitative estimate of drug-likeness (QED) is 0.746. The number of nitrogens with zero attached hydrogens (tertiary/aromatic N) is 2. The minimum Gasteiger partial charge on any atom is -0.321 e. The van der Waals surface area contributed by atoms with Crippen molar-refractivity contribution in [3.8, 4) is 0 Å². The van der Waals surface area contributed by atoms with Crippen LogP contribution in [-0.2, 0) is 13.5 Å². The van der Waals surface area contributed by atoms with E-state index in [1.807, 2.05) is 17.9 Å². The van der Waals surface area contributed by atoms with Crippen LogP contribution in [0.1, 0.15) is 38.1 Å². The summed E-state index contributed by atoms with van der Waals surface area (Å²) in [6, 6.07) is -0.0244. The zero-order valence-electron chi connectivity index (χ0n) is 9.41. The van der Waals surface area contributed by atoms with Crippen molar-refractivity contribution in [2.24, 2.45) is 12.8 Å². The van der Waals surface area contributed by atoms with Crippen LogP contribution in [0, 0.1) is 0 Å². The van der Waals surface area contributed by atoms with Gasteiger partial charge in [-0.2, -0.15) is 5.10 Å². The molecule has 1 aromatic heterocycles. The van der Waals surface area contributed by atoms with Gasteiger partial charge < -0.3 is 5.73 Å². The number of hydrogen-bond donors (Lipinski definition) is 1. The molecule has 0 saturated heterocycles. The lowest BCUT2D eigenvalue weighted by atomic mass is 10.1. The molecule has 78 valence electrons. The van der Waals surface area contributed by atoms with E-state index in [1.165, 1.54) is 5.57 Å². The molecule has 1 unspecified atom stereocenters. The van der Waals surface area contributed by atoms with E-state index in [2.05, 4.69) is 31.9 Å². The molecule has 0 aromatic carbocycles. The Morgan fingerprint density at radius 1 is 1.64 bits per heavy atom. The predicted octanol–water partition coefficient (Wildman–Crippen LogP) is 1.95. The Morgan fingerprint density at radius 3 is 2.79 bits per heavy atom. The summed E-state index contributed by atoms with van der Waals surface area (Å²) in [5.41, 5.74) is 9.53. The zero-order valence-corrected chi connectivity index (χ0v) is 9.41. The number of allylic oxidation sites excluding steroid dienone is 1. The highest BCUT2D eigenvalue weighted by Gasteiger charge is 2.11. The number of rotatable bonds is 3. The number of nitrogens with two attached hydrogens (primary N) is 1. The van der Waals surface area contributed by atoms with Crippen molar-refractivity contribution in [1.29, 1.82) is 0 Å². The summed E-state index contributed by atoms with van der Waals surface area (Å²) in [5, 5.41) is 4.36. The largest absolute Gasteiger partial charge is 0.321 e. The molecule has 0 saturated carbocycles. The van der Waals surface area contributed by atoms with Crippen molar-refractivity contribution in [2.75, 3.05) is 0 Å². The molecule has 1 heterocycles. The lowest BCUT2D eigenvalue weighted by Crippen LogP contribution is -2.08. The molecule has 0 amide bonds. The maximum atomic E-state index is 6.06. The van der Waals surface area contributed by atoms with Crippen LogP contribution < -0.4 is 5.73 Å². The fraction of sp³-hybridized carbons (Fsp3) is 0.545. The summed E-state index contributed by atoms with van der Waals surface area (Å²) in [4.78, 5) is 0. The van der Waals surface area contributed by atoms with Crippen LogP contribution >= 0.6 is 0 Å². The van der Waals surface area contributed by atoms with Crippen LogP contribution in [0.3, 0.4) is 0 Å². The van der Waals surface area contributed by atoms with Crippen LogP contribution in [-0.4, -0.2) is 9.78 Å². The van der Waals surface area contributed by atoms with Gasteiger partial charge in [-0.15, -0.1) is 0 Å². The summed E-state index contributed by atoms with van der Waals surface area (Å²) in [6.45, 7) is 6.21. The SMILES string of the molecule is CCc1nn(C)cc1C(N)C=C(C)C. The third kappa shape index (κ3) is 2.45. The number of hydrogen-bond acceptors (Lipinski definition) is 2. The Balaban J connectivity index is 2.99. The maximum absolute atomic E-state index is 6.06. The molecule has 0 aliphatic rings. The maximum Gasteiger partial charge on any atom is 0.0672 e. The first-order chi connectivity index (χ1) is 6.54. The molecule has 0 aliphatic heterocycles. The van der Waals surface area contributed by atoms with E-state index < -0.39 is 0 Å². The highest BCUT2D eigenvalue weighted by molar-refractivity contribution is 5.25. The lowest BCUT2D eigenvalue weighted by Gasteiger charge is -2.06. The van der Waals surface area contributed by atoms with Gasteiger partial charge in [0.1, 0.15) is 0 Å². The first-order valence-corrected chi connectivity index (χ1v) is 4.97. The fourth-order valence-corrected chi connectivity index (χ4v) is 1.55. The summed E-state index contributed by atoms with van der Waals surface area (Å²) in [7, 11) is 1.93. The van der Waals surface area contributed by atoms with Crippen molar-refractivity contribution in [1.82, 2.24) is 9.78 Å². The summed E-state index contributed by atoms with van der Waals surface area (Å²) in [5.74, 6) is 0. The van der Waals surface area contributed by atoms with Crippen molar-refractivity contribution in [3.63, 3.8) is 0 Å². The minimum absolute atomic E-state index is 0.0244. The average molecular weight is 193 g/mol. The Morgan fingerprint density at radius 2 is 2.29 bits per heavy atom. The Kier molecular flexibility index (Phi) is 3.47. The highest BCUT2D eigenvalue weighted by atomic mass is 15.3. The average Bonchev–Trinajstić information content (AvgIpc) is 2.45. The summed E-state index contributed by atoms with van der Waals surface area (Å²) in [6.07, 6.45) is 5.00. The lowest BCUT2D eigenvalue weighted by molar-refractivity contribution is 0.746. The fourth-order valence-electron chi connectivity index (χ4n) is 1.55. The van der Waals surface area contributed by atoms with Crippen LogP contribution in [0.4, 0.5) is 0 Å². The minimum atomic E-state index is -0.0244. The second-order valence-electron chi connectivity index (χ2n) is 3.83. The zero-order chi connectivity index (χ0) is 10.7. The van der Waals surface area contributed by atoms with Gasteiger partial charge in [-0.05, 0) is 20.3 Å². The van der Waals surface area contributed by atoms with Gasteiger partial charge >= 0.3 is 0 Å². The predicted molar refractivity (Wildman–Crippen MR) is 58.9 cm³/mol. The van der Waals surface area contributed by atoms with Gasteiger partial charge in [0.25, 0.3) is 0 Å². The third-order valence-corrected chi connectivity index (χ3v) is 2.14. The first-order valence-electron chi connectivity index (χ1n) is 4.97. The number of aromatic nitrogens is 2. The van der Waals surface area contributed by atoms with E-state index in [1.54, 1.807) is 0 Å². The van der Waals surface area contributed by atoms with Gasteiger partial charge in [0.15, 0.2) is 0 Å².